The van der Waals surface area contributed by atoms with Gasteiger partial charge in [-0.3, -0.25) is 9.78 Å². The predicted molar refractivity (Wildman–Crippen MR) is 84.0 cm³/mol. The lowest BCUT2D eigenvalue weighted by Crippen LogP contribution is -2.24. The van der Waals surface area contributed by atoms with Gasteiger partial charge in [0, 0.05) is 9.26 Å². The zero-order chi connectivity index (χ0) is 13.8. The lowest BCUT2D eigenvalue weighted by molar-refractivity contribution is 0.0949. The maximum absolute atomic E-state index is 12.1. The average Bonchev–Trinajstić information content (AvgIpc) is 2.39. The maximum Gasteiger partial charge on any atom is 0.252 e. The Balaban J connectivity index is 2.08. The first kappa shape index (κ1) is 14.0. The number of hydrogen-bond acceptors (Lipinski definition) is 2. The fourth-order valence-electron chi connectivity index (χ4n) is 1.79. The summed E-state index contributed by atoms with van der Waals surface area (Å²) >= 11 is 2.20. The van der Waals surface area contributed by atoms with E-state index in [0.29, 0.717) is 12.1 Å². The molecule has 1 aromatic carbocycles. The third kappa shape index (κ3) is 3.53. The Morgan fingerprint density at radius 2 is 1.95 bits per heavy atom. The molecule has 0 saturated carbocycles. The lowest BCUT2D eigenvalue weighted by atomic mass is 10.1. The van der Waals surface area contributed by atoms with Crippen LogP contribution >= 0.6 is 22.6 Å². The Morgan fingerprint density at radius 3 is 2.68 bits per heavy atom. The van der Waals surface area contributed by atoms with Gasteiger partial charge < -0.3 is 5.32 Å². The smallest absolute Gasteiger partial charge is 0.252 e. The summed E-state index contributed by atoms with van der Waals surface area (Å²) in [6.07, 6.45) is 0. The van der Waals surface area contributed by atoms with E-state index in [1.54, 1.807) is 0 Å². The van der Waals surface area contributed by atoms with Crippen molar-refractivity contribution in [2.75, 3.05) is 0 Å². The van der Waals surface area contributed by atoms with E-state index >= 15 is 0 Å². The molecule has 4 heteroatoms. The minimum Gasteiger partial charge on any atom is -0.346 e. The van der Waals surface area contributed by atoms with Gasteiger partial charge in [-0.25, -0.2) is 0 Å². The number of rotatable bonds is 3. The molecule has 1 N–H and O–H groups in total. The zero-order valence-corrected chi connectivity index (χ0v) is 13.1. The van der Waals surface area contributed by atoms with Crippen LogP contribution in [-0.2, 0) is 6.54 Å². The number of hydrogen-bond donors (Lipinski definition) is 1. The van der Waals surface area contributed by atoms with Gasteiger partial charge in [0.05, 0.1) is 17.8 Å². The third-order valence-corrected chi connectivity index (χ3v) is 4.24. The first-order chi connectivity index (χ1) is 9.08. The average molecular weight is 366 g/mol. The number of pyridine rings is 1. The number of carbonyl (C=O) groups excluding carboxylic acids is 1. The molecule has 0 spiro atoms. The first-order valence-corrected chi connectivity index (χ1v) is 7.11. The molecule has 0 bridgehead atoms. The number of aryl methyl sites for hydroxylation is 2. The van der Waals surface area contributed by atoms with Gasteiger partial charge in [0.15, 0.2) is 0 Å². The van der Waals surface area contributed by atoms with Gasteiger partial charge in [-0.1, -0.05) is 18.2 Å². The highest BCUT2D eigenvalue weighted by molar-refractivity contribution is 14.1. The number of nitrogens with one attached hydrogen (secondary N) is 1. The molecule has 0 radical (unpaired) electrons. The van der Waals surface area contributed by atoms with E-state index in [-0.39, 0.29) is 5.91 Å². The monoisotopic (exact) mass is 366 g/mol. The number of amides is 1. The minimum absolute atomic E-state index is 0.0589. The van der Waals surface area contributed by atoms with Crippen LogP contribution in [0.4, 0.5) is 0 Å². The minimum atomic E-state index is -0.0589. The number of carbonyl (C=O) groups is 1. The van der Waals surface area contributed by atoms with Crippen LogP contribution < -0.4 is 5.32 Å². The van der Waals surface area contributed by atoms with Crippen LogP contribution in [0.25, 0.3) is 0 Å². The molecule has 98 valence electrons. The van der Waals surface area contributed by atoms with E-state index in [4.69, 9.17) is 0 Å². The number of halogens is 1. The Labute approximate surface area is 126 Å². The van der Waals surface area contributed by atoms with Crippen molar-refractivity contribution in [3.63, 3.8) is 0 Å². The van der Waals surface area contributed by atoms with Crippen molar-refractivity contribution in [2.45, 2.75) is 20.4 Å². The standard InChI is InChI=1S/C15H15IN2O/c1-10-5-3-8-13(14(10)16)15(19)17-9-12-7-4-6-11(2)18-12/h3-8H,9H2,1-2H3,(H,17,19). The summed E-state index contributed by atoms with van der Waals surface area (Å²) in [6, 6.07) is 11.5. The summed E-state index contributed by atoms with van der Waals surface area (Å²) in [6.45, 7) is 4.39. The van der Waals surface area contributed by atoms with Crippen LogP contribution in [0, 0.1) is 17.4 Å². The summed E-state index contributed by atoms with van der Waals surface area (Å²) in [5.41, 5.74) is 3.66. The molecule has 1 amide bonds. The summed E-state index contributed by atoms with van der Waals surface area (Å²) in [5, 5.41) is 2.90. The topological polar surface area (TPSA) is 42.0 Å². The summed E-state index contributed by atoms with van der Waals surface area (Å²) in [5.74, 6) is -0.0589. The number of aromatic nitrogens is 1. The Kier molecular flexibility index (Phi) is 4.52. The zero-order valence-electron chi connectivity index (χ0n) is 10.9. The maximum atomic E-state index is 12.1. The number of benzene rings is 1. The van der Waals surface area contributed by atoms with Crippen LogP contribution in [0.3, 0.4) is 0 Å². The molecule has 0 aliphatic rings. The molecule has 0 fully saturated rings. The van der Waals surface area contributed by atoms with E-state index < -0.39 is 0 Å². The fourth-order valence-corrected chi connectivity index (χ4v) is 2.39. The molecule has 2 rings (SSSR count). The van der Waals surface area contributed by atoms with E-state index in [0.717, 1.165) is 20.5 Å². The Bertz CT molecular complexity index is 611. The van der Waals surface area contributed by atoms with Crippen molar-refractivity contribution in [2.24, 2.45) is 0 Å². The SMILES string of the molecule is Cc1cccc(CNC(=O)c2cccc(C)c2I)n1. The summed E-state index contributed by atoms with van der Waals surface area (Å²) < 4.78 is 0.995. The molecule has 2 aromatic rings. The van der Waals surface area contributed by atoms with Crippen molar-refractivity contribution in [1.82, 2.24) is 10.3 Å². The highest BCUT2D eigenvalue weighted by atomic mass is 127. The first-order valence-electron chi connectivity index (χ1n) is 6.04. The largest absolute Gasteiger partial charge is 0.346 e. The Hall–Kier alpha value is -1.43. The van der Waals surface area contributed by atoms with E-state index in [9.17, 15) is 4.79 Å². The highest BCUT2D eigenvalue weighted by Crippen LogP contribution is 2.16. The van der Waals surface area contributed by atoms with Gasteiger partial charge in [0.2, 0.25) is 0 Å². The van der Waals surface area contributed by atoms with Crippen LogP contribution in [0.1, 0.15) is 27.3 Å². The van der Waals surface area contributed by atoms with Crippen LogP contribution in [-0.4, -0.2) is 10.9 Å². The van der Waals surface area contributed by atoms with Crippen LogP contribution in [0.15, 0.2) is 36.4 Å². The molecule has 1 aromatic heterocycles. The molecule has 0 atom stereocenters. The highest BCUT2D eigenvalue weighted by Gasteiger charge is 2.10. The van der Waals surface area contributed by atoms with Crippen molar-refractivity contribution >= 4 is 28.5 Å². The van der Waals surface area contributed by atoms with E-state index in [2.05, 4.69) is 32.9 Å². The van der Waals surface area contributed by atoms with Crippen LogP contribution in [0.5, 0.6) is 0 Å². The van der Waals surface area contributed by atoms with Gasteiger partial charge in [0.25, 0.3) is 5.91 Å². The second kappa shape index (κ2) is 6.14. The van der Waals surface area contributed by atoms with Gasteiger partial charge in [0.1, 0.15) is 0 Å². The molecule has 1 heterocycles. The normalized spacial score (nSPS) is 10.3. The summed E-state index contributed by atoms with van der Waals surface area (Å²) in [7, 11) is 0. The van der Waals surface area contributed by atoms with Gasteiger partial charge >= 0.3 is 0 Å². The molecular formula is C15H15IN2O. The van der Waals surface area contributed by atoms with Gasteiger partial charge in [-0.15, -0.1) is 0 Å². The molecule has 0 aliphatic carbocycles. The molecule has 0 saturated heterocycles. The van der Waals surface area contributed by atoms with E-state index in [1.165, 1.54) is 0 Å². The molecule has 19 heavy (non-hydrogen) atoms. The molecule has 0 unspecified atom stereocenters. The lowest BCUT2D eigenvalue weighted by Gasteiger charge is -2.08. The van der Waals surface area contributed by atoms with Crippen LogP contribution in [0.2, 0.25) is 0 Å². The number of nitrogens with zero attached hydrogens (tertiary/aromatic N) is 1. The second-order valence-electron chi connectivity index (χ2n) is 4.39. The van der Waals surface area contributed by atoms with Crippen molar-refractivity contribution in [1.29, 1.82) is 0 Å². The van der Waals surface area contributed by atoms with Crippen molar-refractivity contribution in [3.05, 3.63) is 62.5 Å². The van der Waals surface area contributed by atoms with Crippen molar-refractivity contribution in [3.8, 4) is 0 Å². The quantitative estimate of drug-likeness (QED) is 0.848. The summed E-state index contributed by atoms with van der Waals surface area (Å²) in [4.78, 5) is 16.5. The fraction of sp³-hybridized carbons (Fsp3) is 0.200. The van der Waals surface area contributed by atoms with Crippen molar-refractivity contribution < 1.29 is 4.79 Å². The Morgan fingerprint density at radius 1 is 1.21 bits per heavy atom. The van der Waals surface area contributed by atoms with E-state index in [1.807, 2.05) is 50.2 Å². The second-order valence-corrected chi connectivity index (χ2v) is 5.47. The third-order valence-electron chi connectivity index (χ3n) is 2.81. The van der Waals surface area contributed by atoms with Gasteiger partial charge in [-0.05, 0) is 60.2 Å². The molecule has 3 nitrogen and oxygen atoms in total. The predicted octanol–water partition coefficient (Wildman–Crippen LogP) is 3.23. The van der Waals surface area contributed by atoms with Gasteiger partial charge in [-0.2, -0.15) is 0 Å². The molecular weight excluding hydrogens is 351 g/mol. The molecule has 0 aliphatic heterocycles.